The van der Waals surface area contributed by atoms with Gasteiger partial charge in [-0.05, 0) is 41.0 Å². The number of rotatable bonds is 3. The molecule has 2 aliphatic heterocycles. The Balaban J connectivity index is 1.40. The van der Waals surface area contributed by atoms with Crippen molar-refractivity contribution in [1.29, 1.82) is 0 Å². The lowest BCUT2D eigenvalue weighted by atomic mass is 9.99. The van der Waals surface area contributed by atoms with E-state index in [1.165, 1.54) is 40.1 Å². The minimum absolute atomic E-state index is 0.0530. The minimum atomic E-state index is -4.51. The Morgan fingerprint density at radius 3 is 2.41 bits per heavy atom. The topological polar surface area (TPSA) is 90.0 Å². The standard InChI is InChI=1S/C27H22F3N3O4/c28-27(29,30)19-8-4-7-17(13-19)18-9-10-21-20(14-18)25(36)33-12-11-32(15-22(33)24(35)31-21)26(37)23(34)16-5-2-1-3-6-16/h1-10,13-14,22-23,34H,11-12,15H2,(H,31,35)/t22-,23+/m1/s1. The summed E-state index contributed by atoms with van der Waals surface area (Å²) in [6, 6.07) is 16.7. The molecule has 190 valence electrons. The van der Waals surface area contributed by atoms with Gasteiger partial charge < -0.3 is 20.2 Å². The van der Waals surface area contributed by atoms with Crippen LogP contribution in [0.4, 0.5) is 18.9 Å². The van der Waals surface area contributed by atoms with Gasteiger partial charge in [-0.3, -0.25) is 14.4 Å². The van der Waals surface area contributed by atoms with Crippen LogP contribution in [0.15, 0.2) is 72.8 Å². The third-order valence-corrected chi connectivity index (χ3v) is 6.64. The molecule has 5 rings (SSSR count). The first-order chi connectivity index (χ1) is 17.6. The summed E-state index contributed by atoms with van der Waals surface area (Å²) >= 11 is 0. The van der Waals surface area contributed by atoms with Gasteiger partial charge in [0.05, 0.1) is 23.4 Å². The molecule has 3 amide bonds. The maximum atomic E-state index is 13.5. The van der Waals surface area contributed by atoms with Crippen molar-refractivity contribution < 1.29 is 32.7 Å². The quantitative estimate of drug-likeness (QED) is 0.564. The maximum absolute atomic E-state index is 13.5. The predicted octanol–water partition coefficient (Wildman–Crippen LogP) is 3.71. The van der Waals surface area contributed by atoms with Gasteiger partial charge in [0.15, 0.2) is 6.10 Å². The van der Waals surface area contributed by atoms with E-state index in [-0.39, 0.29) is 36.4 Å². The average Bonchev–Trinajstić information content (AvgIpc) is 3.01. The van der Waals surface area contributed by atoms with Crippen LogP contribution in [0, 0.1) is 0 Å². The summed E-state index contributed by atoms with van der Waals surface area (Å²) in [7, 11) is 0. The largest absolute Gasteiger partial charge is 0.416 e. The molecule has 0 saturated carbocycles. The van der Waals surface area contributed by atoms with Crippen LogP contribution in [0.3, 0.4) is 0 Å². The Bertz CT molecular complexity index is 1380. The zero-order valence-corrected chi connectivity index (χ0v) is 19.4. The first-order valence-electron chi connectivity index (χ1n) is 11.6. The van der Waals surface area contributed by atoms with Gasteiger partial charge in [0.2, 0.25) is 5.91 Å². The highest BCUT2D eigenvalue weighted by Crippen LogP contribution is 2.34. The van der Waals surface area contributed by atoms with E-state index >= 15 is 0 Å². The zero-order chi connectivity index (χ0) is 26.3. The Morgan fingerprint density at radius 2 is 1.68 bits per heavy atom. The second-order valence-corrected chi connectivity index (χ2v) is 8.94. The number of piperazine rings is 1. The van der Waals surface area contributed by atoms with E-state index in [0.717, 1.165) is 12.1 Å². The van der Waals surface area contributed by atoms with Gasteiger partial charge >= 0.3 is 6.18 Å². The van der Waals surface area contributed by atoms with Crippen LogP contribution in [-0.4, -0.2) is 58.3 Å². The molecule has 1 saturated heterocycles. The number of carbonyl (C=O) groups is 3. The third-order valence-electron chi connectivity index (χ3n) is 6.64. The fraction of sp³-hybridized carbons (Fsp3) is 0.222. The number of anilines is 1. The van der Waals surface area contributed by atoms with Crippen molar-refractivity contribution in [2.24, 2.45) is 0 Å². The number of fused-ring (bicyclic) bond motifs is 2. The molecule has 2 aliphatic rings. The van der Waals surface area contributed by atoms with Crippen molar-refractivity contribution in [3.8, 4) is 11.1 Å². The highest BCUT2D eigenvalue weighted by Gasteiger charge is 2.41. The van der Waals surface area contributed by atoms with E-state index in [1.807, 2.05) is 0 Å². The van der Waals surface area contributed by atoms with Crippen LogP contribution in [0.5, 0.6) is 0 Å². The molecule has 37 heavy (non-hydrogen) atoms. The molecule has 0 spiro atoms. The Hall–Kier alpha value is -4.18. The lowest BCUT2D eigenvalue weighted by Crippen LogP contribution is -2.60. The molecule has 3 aromatic rings. The van der Waals surface area contributed by atoms with Gasteiger partial charge in [0.25, 0.3) is 11.8 Å². The smallest absolute Gasteiger partial charge is 0.378 e. The van der Waals surface area contributed by atoms with Gasteiger partial charge in [0, 0.05) is 13.1 Å². The van der Waals surface area contributed by atoms with Gasteiger partial charge in [-0.1, -0.05) is 48.5 Å². The average molecular weight is 509 g/mol. The molecular weight excluding hydrogens is 487 g/mol. The molecule has 2 heterocycles. The van der Waals surface area contributed by atoms with Crippen molar-refractivity contribution in [2.75, 3.05) is 25.0 Å². The summed E-state index contributed by atoms with van der Waals surface area (Å²) in [4.78, 5) is 42.1. The number of hydrogen-bond acceptors (Lipinski definition) is 4. The highest BCUT2D eigenvalue weighted by atomic mass is 19.4. The number of carbonyl (C=O) groups excluding carboxylic acids is 3. The highest BCUT2D eigenvalue weighted by molar-refractivity contribution is 6.11. The lowest BCUT2D eigenvalue weighted by Gasteiger charge is -2.40. The van der Waals surface area contributed by atoms with E-state index in [2.05, 4.69) is 5.32 Å². The van der Waals surface area contributed by atoms with Crippen molar-refractivity contribution in [1.82, 2.24) is 9.80 Å². The number of alkyl halides is 3. The molecule has 7 nitrogen and oxygen atoms in total. The first kappa shape index (κ1) is 24.5. The van der Waals surface area contributed by atoms with E-state index in [4.69, 9.17) is 0 Å². The molecule has 2 N–H and O–H groups in total. The Morgan fingerprint density at radius 1 is 0.946 bits per heavy atom. The normalized spacial score (nSPS) is 18.4. The second-order valence-electron chi connectivity index (χ2n) is 8.94. The van der Waals surface area contributed by atoms with Crippen LogP contribution in [0.2, 0.25) is 0 Å². The number of nitrogens with zero attached hydrogens (tertiary/aromatic N) is 2. The second kappa shape index (κ2) is 9.36. The molecule has 10 heteroatoms. The molecule has 3 aromatic carbocycles. The number of aliphatic hydroxyl groups excluding tert-OH is 1. The summed E-state index contributed by atoms with van der Waals surface area (Å²) in [5, 5.41) is 13.2. The van der Waals surface area contributed by atoms with Crippen molar-refractivity contribution in [3.63, 3.8) is 0 Å². The first-order valence-corrected chi connectivity index (χ1v) is 11.6. The molecule has 2 atom stereocenters. The van der Waals surface area contributed by atoms with E-state index < -0.39 is 41.6 Å². The maximum Gasteiger partial charge on any atom is 0.416 e. The third kappa shape index (κ3) is 4.67. The van der Waals surface area contributed by atoms with Gasteiger partial charge in [-0.25, -0.2) is 0 Å². The summed E-state index contributed by atoms with van der Waals surface area (Å²) in [6.07, 6.45) is -5.91. The Kier molecular flexibility index (Phi) is 6.20. The summed E-state index contributed by atoms with van der Waals surface area (Å²) in [5.41, 5.74) is 0.676. The van der Waals surface area contributed by atoms with Gasteiger partial charge in [0.1, 0.15) is 6.04 Å². The molecule has 0 bridgehead atoms. The molecule has 1 fully saturated rings. The SMILES string of the molecule is O=C1Nc2ccc(-c3cccc(C(F)(F)F)c3)cc2C(=O)N2CCN(C(=O)[C@@H](O)c3ccccc3)C[C@H]12. The number of hydrogen-bond donors (Lipinski definition) is 2. The summed E-state index contributed by atoms with van der Waals surface area (Å²) < 4.78 is 39.6. The van der Waals surface area contributed by atoms with E-state index in [9.17, 15) is 32.7 Å². The van der Waals surface area contributed by atoms with E-state index in [1.54, 1.807) is 30.3 Å². The van der Waals surface area contributed by atoms with Crippen LogP contribution in [0.25, 0.3) is 11.1 Å². The molecule has 0 radical (unpaired) electrons. The van der Waals surface area contributed by atoms with Crippen molar-refractivity contribution >= 4 is 23.4 Å². The number of nitrogens with one attached hydrogen (secondary N) is 1. The summed E-state index contributed by atoms with van der Waals surface area (Å²) in [5.74, 6) is -1.53. The van der Waals surface area contributed by atoms with Gasteiger partial charge in [-0.15, -0.1) is 0 Å². The monoisotopic (exact) mass is 509 g/mol. The fourth-order valence-corrected chi connectivity index (χ4v) is 4.66. The van der Waals surface area contributed by atoms with E-state index in [0.29, 0.717) is 11.1 Å². The molecule has 0 unspecified atom stereocenters. The number of benzene rings is 3. The minimum Gasteiger partial charge on any atom is -0.378 e. The summed E-state index contributed by atoms with van der Waals surface area (Å²) in [6.45, 7) is 0.0626. The Labute approximate surface area is 210 Å². The fourth-order valence-electron chi connectivity index (χ4n) is 4.66. The van der Waals surface area contributed by atoms with Crippen LogP contribution < -0.4 is 5.32 Å². The number of halogens is 3. The van der Waals surface area contributed by atoms with Crippen molar-refractivity contribution in [2.45, 2.75) is 18.3 Å². The van der Waals surface area contributed by atoms with Crippen LogP contribution in [0.1, 0.15) is 27.6 Å². The van der Waals surface area contributed by atoms with Crippen LogP contribution in [-0.2, 0) is 15.8 Å². The van der Waals surface area contributed by atoms with Crippen molar-refractivity contribution in [3.05, 3.63) is 89.5 Å². The molecular formula is C27H22F3N3O4. The number of amides is 3. The molecule has 0 aliphatic carbocycles. The predicted molar refractivity (Wildman–Crippen MR) is 128 cm³/mol. The van der Waals surface area contributed by atoms with Gasteiger partial charge in [-0.2, -0.15) is 13.2 Å². The number of aliphatic hydroxyl groups is 1. The lowest BCUT2D eigenvalue weighted by molar-refractivity contribution is -0.144. The zero-order valence-electron chi connectivity index (χ0n) is 19.4. The molecule has 0 aromatic heterocycles. The van der Waals surface area contributed by atoms with Crippen LogP contribution >= 0.6 is 0 Å².